The minimum Gasteiger partial charge on any atom is -0.340 e. The average molecular weight is 516 g/mol. The van der Waals surface area contributed by atoms with Crippen LogP contribution in [0.4, 0.5) is 5.69 Å². The van der Waals surface area contributed by atoms with Gasteiger partial charge in [-0.2, -0.15) is 0 Å². The summed E-state index contributed by atoms with van der Waals surface area (Å²) in [6, 6.07) is 27.1. The van der Waals surface area contributed by atoms with Gasteiger partial charge in [0, 0.05) is 34.5 Å². The zero-order valence-electron chi connectivity index (χ0n) is 20.6. The van der Waals surface area contributed by atoms with Crippen LogP contribution >= 0.6 is 0 Å². The summed E-state index contributed by atoms with van der Waals surface area (Å²) < 4.78 is 28.4. The molecule has 4 aromatic carbocycles. The number of sulfonamides is 1. The van der Waals surface area contributed by atoms with Crippen molar-refractivity contribution in [2.45, 2.75) is 37.2 Å². The van der Waals surface area contributed by atoms with Gasteiger partial charge in [-0.3, -0.25) is 9.59 Å². The standard InChI is InChI=1S/C29H29N3O4S/c1-20(2)32-37(35,36)27-18-10-15-23-24(27)16-9-17-25(23)30-29(34)26(19-21-11-5-3-6-12-21)31-28(33)22-13-7-4-8-14-22/h3-18,20,26,32H,19H2,1-2H3,(H,30,34)(H,31,33)/t26-/m1/s1. The van der Waals surface area contributed by atoms with Crippen molar-refractivity contribution in [2.24, 2.45) is 0 Å². The van der Waals surface area contributed by atoms with Gasteiger partial charge in [-0.05, 0) is 43.7 Å². The van der Waals surface area contributed by atoms with Crippen LogP contribution in [0.2, 0.25) is 0 Å². The summed E-state index contributed by atoms with van der Waals surface area (Å²) in [4.78, 5) is 26.5. The summed E-state index contributed by atoms with van der Waals surface area (Å²) in [7, 11) is -3.75. The SMILES string of the molecule is CC(C)NS(=O)(=O)c1cccc2c(NC(=O)[C@@H](Cc3ccccc3)NC(=O)c3ccccc3)cccc12. The number of fused-ring (bicyclic) bond motifs is 1. The predicted molar refractivity (Wildman–Crippen MR) is 146 cm³/mol. The summed E-state index contributed by atoms with van der Waals surface area (Å²) in [5.41, 5.74) is 1.80. The molecular formula is C29H29N3O4S. The molecule has 0 saturated carbocycles. The highest BCUT2D eigenvalue weighted by Gasteiger charge is 2.24. The Morgan fingerprint density at radius 3 is 2.05 bits per heavy atom. The Morgan fingerprint density at radius 1 is 0.757 bits per heavy atom. The Bertz CT molecular complexity index is 1500. The molecule has 37 heavy (non-hydrogen) atoms. The Hall–Kier alpha value is -4.01. The number of carbonyl (C=O) groups excluding carboxylic acids is 2. The van der Waals surface area contributed by atoms with E-state index in [0.717, 1.165) is 5.56 Å². The molecule has 0 spiro atoms. The van der Waals surface area contributed by atoms with Gasteiger partial charge in [-0.15, -0.1) is 0 Å². The lowest BCUT2D eigenvalue weighted by Gasteiger charge is -2.20. The number of benzene rings is 4. The number of anilines is 1. The first-order valence-corrected chi connectivity index (χ1v) is 13.5. The van der Waals surface area contributed by atoms with Gasteiger partial charge in [0.2, 0.25) is 15.9 Å². The average Bonchev–Trinajstić information content (AvgIpc) is 2.88. The summed E-state index contributed by atoms with van der Waals surface area (Å²) in [6.07, 6.45) is 0.286. The van der Waals surface area contributed by atoms with Crippen LogP contribution < -0.4 is 15.4 Å². The first kappa shape index (κ1) is 26.1. The molecule has 0 saturated heterocycles. The summed E-state index contributed by atoms with van der Waals surface area (Å²) >= 11 is 0. The lowest BCUT2D eigenvalue weighted by molar-refractivity contribution is -0.118. The van der Waals surface area contributed by atoms with E-state index in [1.165, 1.54) is 6.07 Å². The van der Waals surface area contributed by atoms with Gasteiger partial charge in [-0.25, -0.2) is 13.1 Å². The molecule has 3 N–H and O–H groups in total. The van der Waals surface area contributed by atoms with Crippen molar-refractivity contribution in [2.75, 3.05) is 5.32 Å². The molecule has 0 fully saturated rings. The molecule has 0 heterocycles. The highest BCUT2D eigenvalue weighted by Crippen LogP contribution is 2.29. The number of carbonyl (C=O) groups is 2. The van der Waals surface area contributed by atoms with Crippen molar-refractivity contribution in [3.05, 3.63) is 108 Å². The van der Waals surface area contributed by atoms with E-state index in [0.29, 0.717) is 22.0 Å². The van der Waals surface area contributed by atoms with Crippen LogP contribution in [0.15, 0.2) is 102 Å². The molecule has 190 valence electrons. The second-order valence-electron chi connectivity index (χ2n) is 9.00. The molecule has 0 aliphatic rings. The number of hydrogen-bond donors (Lipinski definition) is 3. The fourth-order valence-corrected chi connectivity index (χ4v) is 5.58. The normalized spacial score (nSPS) is 12.3. The first-order chi connectivity index (χ1) is 17.7. The van der Waals surface area contributed by atoms with Crippen LogP contribution in [0.1, 0.15) is 29.8 Å². The van der Waals surface area contributed by atoms with E-state index in [9.17, 15) is 18.0 Å². The maximum Gasteiger partial charge on any atom is 0.251 e. The maximum atomic E-state index is 13.5. The van der Waals surface area contributed by atoms with Crippen LogP contribution in [0.3, 0.4) is 0 Å². The summed E-state index contributed by atoms with van der Waals surface area (Å²) in [5.74, 6) is -0.767. The third kappa shape index (κ3) is 6.41. The van der Waals surface area contributed by atoms with E-state index < -0.39 is 22.0 Å². The van der Waals surface area contributed by atoms with Gasteiger partial charge in [0.15, 0.2) is 0 Å². The fraction of sp³-hybridized carbons (Fsp3) is 0.172. The van der Waals surface area contributed by atoms with E-state index in [1.807, 2.05) is 36.4 Å². The van der Waals surface area contributed by atoms with Crippen LogP contribution in [0.5, 0.6) is 0 Å². The highest BCUT2D eigenvalue weighted by atomic mass is 32.2. The number of rotatable bonds is 9. The van der Waals surface area contributed by atoms with E-state index >= 15 is 0 Å². The van der Waals surface area contributed by atoms with Crippen LogP contribution in [-0.2, 0) is 21.2 Å². The number of amides is 2. The molecule has 2 amide bonds. The molecule has 0 radical (unpaired) electrons. The van der Waals surface area contributed by atoms with Crippen molar-refractivity contribution >= 4 is 38.3 Å². The highest BCUT2D eigenvalue weighted by molar-refractivity contribution is 7.89. The topological polar surface area (TPSA) is 104 Å². The van der Waals surface area contributed by atoms with Crippen molar-refractivity contribution in [3.8, 4) is 0 Å². The van der Waals surface area contributed by atoms with Gasteiger partial charge in [-0.1, -0.05) is 72.8 Å². The molecule has 1 atom stereocenters. The van der Waals surface area contributed by atoms with Gasteiger partial charge in [0.1, 0.15) is 6.04 Å². The van der Waals surface area contributed by atoms with Crippen molar-refractivity contribution in [1.29, 1.82) is 0 Å². The zero-order valence-corrected chi connectivity index (χ0v) is 21.5. The minimum absolute atomic E-state index is 0.132. The Balaban J connectivity index is 1.65. The lowest BCUT2D eigenvalue weighted by Crippen LogP contribution is -2.45. The molecule has 4 aromatic rings. The summed E-state index contributed by atoms with van der Waals surface area (Å²) in [6.45, 7) is 3.51. The number of hydrogen-bond acceptors (Lipinski definition) is 4. The minimum atomic E-state index is -3.75. The van der Waals surface area contributed by atoms with Crippen LogP contribution in [0, 0.1) is 0 Å². The Kier molecular flexibility index (Phi) is 8.01. The van der Waals surface area contributed by atoms with E-state index in [4.69, 9.17) is 0 Å². The maximum absolute atomic E-state index is 13.5. The van der Waals surface area contributed by atoms with Crippen molar-refractivity contribution in [3.63, 3.8) is 0 Å². The molecule has 0 bridgehead atoms. The van der Waals surface area contributed by atoms with Crippen molar-refractivity contribution in [1.82, 2.24) is 10.0 Å². The largest absolute Gasteiger partial charge is 0.340 e. The molecule has 4 rings (SSSR count). The third-order valence-corrected chi connectivity index (χ3v) is 7.48. The van der Waals surface area contributed by atoms with Gasteiger partial charge < -0.3 is 10.6 Å². The van der Waals surface area contributed by atoms with Gasteiger partial charge in [0.25, 0.3) is 5.91 Å². The molecule has 0 aromatic heterocycles. The first-order valence-electron chi connectivity index (χ1n) is 12.0. The molecule has 0 unspecified atom stereocenters. The molecule has 7 nitrogen and oxygen atoms in total. The zero-order chi connectivity index (χ0) is 26.4. The van der Waals surface area contributed by atoms with E-state index in [1.54, 1.807) is 68.4 Å². The fourth-order valence-electron chi connectivity index (χ4n) is 4.11. The molecular weight excluding hydrogens is 486 g/mol. The Morgan fingerprint density at radius 2 is 1.38 bits per heavy atom. The second kappa shape index (κ2) is 11.4. The monoisotopic (exact) mass is 515 g/mol. The summed E-state index contributed by atoms with van der Waals surface area (Å²) in [5, 5.41) is 6.83. The van der Waals surface area contributed by atoms with Crippen LogP contribution in [0.25, 0.3) is 10.8 Å². The van der Waals surface area contributed by atoms with E-state index in [-0.39, 0.29) is 23.3 Å². The quantitative estimate of drug-likeness (QED) is 0.305. The lowest BCUT2D eigenvalue weighted by atomic mass is 10.0. The number of nitrogens with one attached hydrogen (secondary N) is 3. The molecule has 0 aliphatic heterocycles. The third-order valence-electron chi connectivity index (χ3n) is 5.76. The van der Waals surface area contributed by atoms with Gasteiger partial charge >= 0.3 is 0 Å². The second-order valence-corrected chi connectivity index (χ2v) is 10.7. The molecule has 0 aliphatic carbocycles. The predicted octanol–water partition coefficient (Wildman–Crippen LogP) is 4.51. The Labute approximate surface area is 217 Å². The molecule has 8 heteroatoms. The van der Waals surface area contributed by atoms with Crippen LogP contribution in [-0.4, -0.2) is 32.3 Å². The smallest absolute Gasteiger partial charge is 0.251 e. The van der Waals surface area contributed by atoms with Gasteiger partial charge in [0.05, 0.1) is 4.90 Å². The van der Waals surface area contributed by atoms with E-state index in [2.05, 4.69) is 15.4 Å². The van der Waals surface area contributed by atoms with Crippen molar-refractivity contribution < 1.29 is 18.0 Å².